The Bertz CT molecular complexity index is 353. The van der Waals surface area contributed by atoms with E-state index in [1.165, 1.54) is 77.0 Å². The van der Waals surface area contributed by atoms with E-state index in [1.54, 1.807) is 0 Å². The molecule has 0 aromatic heterocycles. The Morgan fingerprint density at radius 2 is 1.07 bits per heavy atom. The fourth-order valence-corrected chi connectivity index (χ4v) is 3.27. The zero-order valence-corrected chi connectivity index (χ0v) is 19.1. The van der Waals surface area contributed by atoms with Crippen LogP contribution in [-0.4, -0.2) is 25.0 Å². The van der Waals surface area contributed by atoms with Crippen LogP contribution in [0.3, 0.4) is 0 Å². The van der Waals surface area contributed by atoms with Crippen molar-refractivity contribution >= 4 is 24.3 Å². The molecule has 0 unspecified atom stereocenters. The molecule has 0 heterocycles. The van der Waals surface area contributed by atoms with Gasteiger partial charge in [-0.15, -0.1) is 12.4 Å². The summed E-state index contributed by atoms with van der Waals surface area (Å²) < 4.78 is 0. The largest absolute Gasteiger partial charge is 0.370 e. The van der Waals surface area contributed by atoms with Crippen LogP contribution in [0.25, 0.3) is 0 Å². The smallest absolute Gasteiger partial charge is 0.219 e. The molecule has 0 bridgehead atoms. The summed E-state index contributed by atoms with van der Waals surface area (Å²) in [5.74, 6) is 0.223. The summed E-state index contributed by atoms with van der Waals surface area (Å²) in [6.45, 7) is 3.77. The van der Waals surface area contributed by atoms with Crippen molar-refractivity contribution in [3.8, 4) is 0 Å². The van der Waals surface area contributed by atoms with Gasteiger partial charge >= 0.3 is 0 Å². The van der Waals surface area contributed by atoms with Gasteiger partial charge in [-0.2, -0.15) is 0 Å². The molecule has 0 saturated carbocycles. The number of unbranched alkanes of at least 4 members (excludes halogenated alkanes) is 14. The maximum absolute atomic E-state index is 11.8. The number of rotatable bonds is 20. The lowest BCUT2D eigenvalue weighted by Crippen LogP contribution is -2.31. The molecule has 28 heavy (non-hydrogen) atoms. The summed E-state index contributed by atoms with van der Waals surface area (Å²) in [5.41, 5.74) is 5.21. The molecule has 0 aliphatic rings. The van der Waals surface area contributed by atoms with Gasteiger partial charge in [0.15, 0.2) is 5.96 Å². The Morgan fingerprint density at radius 3 is 1.54 bits per heavy atom. The highest BCUT2D eigenvalue weighted by Crippen LogP contribution is 2.12. The molecule has 0 rings (SSSR count). The number of carbonyl (C=O) groups excluding carboxylic acids is 1. The third-order valence-electron chi connectivity index (χ3n) is 5.00. The van der Waals surface area contributed by atoms with Crippen LogP contribution in [0.2, 0.25) is 0 Å². The Kier molecular flexibility index (Phi) is 25.1. The highest BCUT2D eigenvalue weighted by molar-refractivity contribution is 5.85. The van der Waals surface area contributed by atoms with Crippen molar-refractivity contribution in [3.05, 3.63) is 0 Å². The van der Waals surface area contributed by atoms with Crippen LogP contribution in [0.1, 0.15) is 116 Å². The van der Waals surface area contributed by atoms with E-state index in [4.69, 9.17) is 11.1 Å². The number of hydrogen-bond donors (Lipinski definition) is 4. The van der Waals surface area contributed by atoms with Crippen molar-refractivity contribution in [3.63, 3.8) is 0 Å². The van der Waals surface area contributed by atoms with Gasteiger partial charge < -0.3 is 16.4 Å². The van der Waals surface area contributed by atoms with E-state index in [9.17, 15) is 4.79 Å². The first-order valence-corrected chi connectivity index (χ1v) is 11.5. The molecule has 0 aromatic carbocycles. The molecule has 0 aromatic rings. The number of carbonyl (C=O) groups is 1. The average Bonchev–Trinajstić information content (AvgIpc) is 2.64. The lowest BCUT2D eigenvalue weighted by molar-refractivity contribution is -0.121. The molecule has 0 spiro atoms. The summed E-state index contributed by atoms with van der Waals surface area (Å²) in [5, 5.41) is 12.8. The molecule has 5 nitrogen and oxygen atoms in total. The lowest BCUT2D eigenvalue weighted by atomic mass is 10.0. The van der Waals surface area contributed by atoms with Crippen molar-refractivity contribution in [2.45, 2.75) is 116 Å². The number of nitrogens with two attached hydrogens (primary N) is 1. The van der Waals surface area contributed by atoms with Crippen molar-refractivity contribution in [2.75, 3.05) is 13.1 Å². The Balaban J connectivity index is 0. The third-order valence-corrected chi connectivity index (χ3v) is 5.00. The van der Waals surface area contributed by atoms with Gasteiger partial charge in [-0.05, 0) is 25.7 Å². The summed E-state index contributed by atoms with van der Waals surface area (Å²) in [6.07, 6.45) is 21.0. The van der Waals surface area contributed by atoms with Crippen LogP contribution in [0.5, 0.6) is 0 Å². The van der Waals surface area contributed by atoms with E-state index in [0.29, 0.717) is 6.42 Å². The van der Waals surface area contributed by atoms with Crippen molar-refractivity contribution < 1.29 is 4.79 Å². The number of hydrogen-bond acceptors (Lipinski definition) is 2. The number of halogens is 1. The van der Waals surface area contributed by atoms with Gasteiger partial charge in [-0.25, -0.2) is 0 Å². The fourth-order valence-electron chi connectivity index (χ4n) is 3.27. The molecule has 0 saturated heterocycles. The highest BCUT2D eigenvalue weighted by atomic mass is 35.5. The van der Waals surface area contributed by atoms with Crippen LogP contribution in [0.15, 0.2) is 0 Å². The molecule has 1 amide bonds. The maximum atomic E-state index is 11.8. The topological polar surface area (TPSA) is 91.0 Å². The van der Waals surface area contributed by atoms with Crippen molar-refractivity contribution in [2.24, 2.45) is 5.73 Å². The lowest BCUT2D eigenvalue weighted by Gasteiger charge is -2.06. The molecular formula is C22H47ClN4O. The van der Waals surface area contributed by atoms with E-state index >= 15 is 0 Å². The summed E-state index contributed by atoms with van der Waals surface area (Å²) in [4.78, 5) is 11.8. The summed E-state index contributed by atoms with van der Waals surface area (Å²) in [7, 11) is 0. The minimum absolute atomic E-state index is 0. The van der Waals surface area contributed by atoms with E-state index in [2.05, 4.69) is 17.6 Å². The monoisotopic (exact) mass is 418 g/mol. The molecular weight excluding hydrogens is 372 g/mol. The molecule has 0 aliphatic carbocycles. The molecule has 0 radical (unpaired) electrons. The Labute approximate surface area is 180 Å². The maximum Gasteiger partial charge on any atom is 0.219 e. The van der Waals surface area contributed by atoms with Gasteiger partial charge in [-0.1, -0.05) is 84.0 Å². The SMILES string of the molecule is CCCCCCCCCCCCCCCC(=O)NCCCCCNC(=N)N.Cl. The predicted octanol–water partition coefficient (Wildman–Crippen LogP) is 5.66. The van der Waals surface area contributed by atoms with Crippen LogP contribution in [0.4, 0.5) is 0 Å². The molecule has 5 N–H and O–H groups in total. The van der Waals surface area contributed by atoms with Crippen LogP contribution in [-0.2, 0) is 4.79 Å². The minimum atomic E-state index is 0. The van der Waals surface area contributed by atoms with Crippen LogP contribution in [0, 0.1) is 5.41 Å². The second kappa shape index (κ2) is 24.1. The number of amides is 1. The Hall–Kier alpha value is -0.970. The van der Waals surface area contributed by atoms with Gasteiger partial charge in [0, 0.05) is 19.5 Å². The van der Waals surface area contributed by atoms with Crippen molar-refractivity contribution in [1.82, 2.24) is 10.6 Å². The van der Waals surface area contributed by atoms with Gasteiger partial charge in [0.25, 0.3) is 0 Å². The second-order valence-corrected chi connectivity index (χ2v) is 7.74. The predicted molar refractivity (Wildman–Crippen MR) is 124 cm³/mol. The van der Waals surface area contributed by atoms with Gasteiger partial charge in [0.2, 0.25) is 5.91 Å². The average molecular weight is 419 g/mol. The third kappa shape index (κ3) is 25.0. The van der Waals surface area contributed by atoms with Gasteiger partial charge in [-0.3, -0.25) is 10.2 Å². The molecule has 0 aliphatic heterocycles. The fraction of sp³-hybridized carbons (Fsp3) is 0.909. The van der Waals surface area contributed by atoms with Gasteiger partial charge in [0.05, 0.1) is 0 Å². The molecule has 6 heteroatoms. The molecule has 0 fully saturated rings. The first kappa shape index (κ1) is 29.2. The van der Waals surface area contributed by atoms with Crippen LogP contribution >= 0.6 is 12.4 Å². The minimum Gasteiger partial charge on any atom is -0.370 e. The highest BCUT2D eigenvalue weighted by Gasteiger charge is 2.00. The summed E-state index contributed by atoms with van der Waals surface area (Å²) >= 11 is 0. The van der Waals surface area contributed by atoms with Crippen LogP contribution < -0.4 is 16.4 Å². The standard InChI is InChI=1S/C22H46N4O.ClH/c1-2-3-4-5-6-7-8-9-10-11-12-13-15-18-21(27)25-19-16-14-17-20-26-22(23)24;/h2-20H2,1H3,(H,25,27)(H4,23,24,26);1H. The Morgan fingerprint density at radius 1 is 0.679 bits per heavy atom. The van der Waals surface area contributed by atoms with Crippen molar-refractivity contribution in [1.29, 1.82) is 5.41 Å². The number of nitrogens with one attached hydrogen (secondary N) is 3. The van der Waals surface area contributed by atoms with E-state index < -0.39 is 0 Å². The molecule has 0 atom stereocenters. The zero-order chi connectivity index (χ0) is 20.0. The quantitative estimate of drug-likeness (QED) is 0.117. The summed E-state index contributed by atoms with van der Waals surface area (Å²) in [6, 6.07) is 0. The van der Waals surface area contributed by atoms with E-state index in [1.807, 2.05) is 0 Å². The van der Waals surface area contributed by atoms with Gasteiger partial charge in [0.1, 0.15) is 0 Å². The molecule has 168 valence electrons. The first-order chi connectivity index (χ1) is 13.2. The number of guanidine groups is 1. The second-order valence-electron chi connectivity index (χ2n) is 7.74. The zero-order valence-electron chi connectivity index (χ0n) is 18.3. The first-order valence-electron chi connectivity index (χ1n) is 11.5. The van der Waals surface area contributed by atoms with E-state index in [0.717, 1.165) is 38.8 Å². The van der Waals surface area contributed by atoms with E-state index in [-0.39, 0.29) is 24.3 Å². The normalized spacial score (nSPS) is 10.3.